The van der Waals surface area contributed by atoms with Crippen LogP contribution in [0.5, 0.6) is 5.75 Å². The molecule has 1 aliphatic rings. The Balaban J connectivity index is 2.08. The van der Waals surface area contributed by atoms with Gasteiger partial charge in [0.15, 0.2) is 0 Å². The molecule has 2 rings (SSSR count). The molecule has 1 saturated carbocycles. The van der Waals surface area contributed by atoms with E-state index in [1.54, 1.807) is 0 Å². The SMILES string of the molecule is CCc1ccccc1OCC1(C(=O)O)CCCCC1. The summed E-state index contributed by atoms with van der Waals surface area (Å²) in [6.07, 6.45) is 5.49. The molecule has 3 nitrogen and oxygen atoms in total. The van der Waals surface area contributed by atoms with Crippen molar-refractivity contribution in [3.8, 4) is 5.75 Å². The van der Waals surface area contributed by atoms with Gasteiger partial charge in [-0.2, -0.15) is 0 Å². The van der Waals surface area contributed by atoms with Crippen LogP contribution >= 0.6 is 0 Å². The van der Waals surface area contributed by atoms with Crippen LogP contribution in [0.3, 0.4) is 0 Å². The van der Waals surface area contributed by atoms with Gasteiger partial charge in [-0.3, -0.25) is 4.79 Å². The molecule has 0 aliphatic heterocycles. The van der Waals surface area contributed by atoms with Crippen LogP contribution in [0.15, 0.2) is 24.3 Å². The summed E-state index contributed by atoms with van der Waals surface area (Å²) in [5.74, 6) is 0.123. The lowest BCUT2D eigenvalue weighted by Crippen LogP contribution is -2.39. The maximum absolute atomic E-state index is 11.6. The van der Waals surface area contributed by atoms with Crippen LogP contribution in [0.2, 0.25) is 0 Å². The van der Waals surface area contributed by atoms with E-state index < -0.39 is 11.4 Å². The molecule has 1 aliphatic carbocycles. The topological polar surface area (TPSA) is 46.5 Å². The highest BCUT2D eigenvalue weighted by Gasteiger charge is 2.40. The Hall–Kier alpha value is -1.51. The number of hydrogen-bond donors (Lipinski definition) is 1. The van der Waals surface area contributed by atoms with Crippen molar-refractivity contribution in [2.75, 3.05) is 6.61 Å². The molecular weight excluding hydrogens is 240 g/mol. The largest absolute Gasteiger partial charge is 0.492 e. The molecule has 0 unspecified atom stereocenters. The third kappa shape index (κ3) is 3.09. The van der Waals surface area contributed by atoms with Crippen molar-refractivity contribution in [3.05, 3.63) is 29.8 Å². The van der Waals surface area contributed by atoms with Crippen LogP contribution in [0, 0.1) is 5.41 Å². The molecule has 0 atom stereocenters. The zero-order valence-electron chi connectivity index (χ0n) is 11.5. The Morgan fingerprint density at radius 3 is 2.58 bits per heavy atom. The Morgan fingerprint density at radius 2 is 1.95 bits per heavy atom. The molecule has 0 amide bonds. The van der Waals surface area contributed by atoms with Gasteiger partial charge in [0.05, 0.1) is 0 Å². The van der Waals surface area contributed by atoms with Crippen molar-refractivity contribution in [3.63, 3.8) is 0 Å². The lowest BCUT2D eigenvalue weighted by atomic mass is 9.75. The fourth-order valence-electron chi connectivity index (χ4n) is 2.80. The maximum Gasteiger partial charge on any atom is 0.313 e. The van der Waals surface area contributed by atoms with Gasteiger partial charge in [0.1, 0.15) is 17.8 Å². The van der Waals surface area contributed by atoms with Crippen LogP contribution in [-0.2, 0) is 11.2 Å². The van der Waals surface area contributed by atoms with Gasteiger partial charge in [-0.05, 0) is 30.9 Å². The highest BCUT2D eigenvalue weighted by atomic mass is 16.5. The Bertz CT molecular complexity index is 433. The molecule has 1 aromatic carbocycles. The Labute approximate surface area is 114 Å². The van der Waals surface area contributed by atoms with Crippen molar-refractivity contribution in [2.45, 2.75) is 45.4 Å². The molecule has 0 aromatic heterocycles. The number of ether oxygens (including phenoxy) is 1. The first-order valence-corrected chi connectivity index (χ1v) is 7.12. The first kappa shape index (κ1) is 13.9. The van der Waals surface area contributed by atoms with Gasteiger partial charge in [-0.1, -0.05) is 44.4 Å². The number of aliphatic carboxylic acids is 1. The second-order valence-corrected chi connectivity index (χ2v) is 5.40. The molecular formula is C16H22O3. The second kappa shape index (κ2) is 6.09. The van der Waals surface area contributed by atoms with Crippen molar-refractivity contribution in [1.29, 1.82) is 0 Å². The Morgan fingerprint density at radius 1 is 1.26 bits per heavy atom. The minimum atomic E-state index is -0.707. The van der Waals surface area contributed by atoms with Gasteiger partial charge in [0.2, 0.25) is 0 Å². The van der Waals surface area contributed by atoms with E-state index in [0.717, 1.165) is 49.8 Å². The van der Waals surface area contributed by atoms with E-state index in [1.165, 1.54) is 0 Å². The molecule has 0 radical (unpaired) electrons. The average molecular weight is 262 g/mol. The predicted octanol–water partition coefficient (Wildman–Crippen LogP) is 3.66. The first-order chi connectivity index (χ1) is 9.18. The van der Waals surface area contributed by atoms with E-state index >= 15 is 0 Å². The summed E-state index contributed by atoms with van der Waals surface area (Å²) < 4.78 is 5.85. The molecule has 0 spiro atoms. The minimum absolute atomic E-state index is 0.291. The lowest BCUT2D eigenvalue weighted by Gasteiger charge is -2.33. The smallest absolute Gasteiger partial charge is 0.313 e. The van der Waals surface area contributed by atoms with E-state index in [4.69, 9.17) is 4.74 Å². The summed E-state index contributed by atoms with van der Waals surface area (Å²) >= 11 is 0. The number of carbonyl (C=O) groups is 1. The number of benzene rings is 1. The Kier molecular flexibility index (Phi) is 4.46. The molecule has 0 bridgehead atoms. The van der Waals surface area contributed by atoms with Crippen LogP contribution in [0.1, 0.15) is 44.6 Å². The fraction of sp³-hybridized carbons (Fsp3) is 0.562. The molecule has 3 heteroatoms. The molecule has 1 aromatic rings. The van der Waals surface area contributed by atoms with Gasteiger partial charge in [-0.15, -0.1) is 0 Å². The van der Waals surface area contributed by atoms with Crippen molar-refractivity contribution >= 4 is 5.97 Å². The summed E-state index contributed by atoms with van der Waals surface area (Å²) in [5.41, 5.74) is 0.456. The third-order valence-electron chi connectivity index (χ3n) is 4.12. The van der Waals surface area contributed by atoms with Gasteiger partial charge in [0, 0.05) is 0 Å². The summed E-state index contributed by atoms with van der Waals surface area (Å²) in [6, 6.07) is 7.88. The van der Waals surface area contributed by atoms with E-state index in [2.05, 4.69) is 6.92 Å². The predicted molar refractivity (Wildman–Crippen MR) is 74.5 cm³/mol. The molecule has 19 heavy (non-hydrogen) atoms. The number of aryl methyl sites for hydroxylation is 1. The van der Waals surface area contributed by atoms with E-state index in [1.807, 2.05) is 24.3 Å². The molecule has 1 N–H and O–H groups in total. The quantitative estimate of drug-likeness (QED) is 0.880. The molecule has 104 valence electrons. The lowest BCUT2D eigenvalue weighted by molar-refractivity contribution is -0.153. The number of rotatable bonds is 5. The number of carboxylic acid groups (broad SMARTS) is 1. The third-order valence-corrected chi connectivity index (χ3v) is 4.12. The van der Waals surface area contributed by atoms with Gasteiger partial charge >= 0.3 is 5.97 Å². The van der Waals surface area contributed by atoms with Gasteiger partial charge in [-0.25, -0.2) is 0 Å². The van der Waals surface area contributed by atoms with Crippen LogP contribution < -0.4 is 4.74 Å². The highest BCUT2D eigenvalue weighted by molar-refractivity contribution is 5.75. The highest BCUT2D eigenvalue weighted by Crippen LogP contribution is 2.37. The summed E-state index contributed by atoms with van der Waals surface area (Å²) in [4.78, 5) is 11.6. The fourth-order valence-corrected chi connectivity index (χ4v) is 2.80. The summed E-state index contributed by atoms with van der Waals surface area (Å²) in [5, 5.41) is 9.51. The van der Waals surface area contributed by atoms with E-state index in [0.29, 0.717) is 6.61 Å². The van der Waals surface area contributed by atoms with Crippen LogP contribution in [-0.4, -0.2) is 17.7 Å². The second-order valence-electron chi connectivity index (χ2n) is 5.40. The summed E-state index contributed by atoms with van der Waals surface area (Å²) in [7, 11) is 0. The van der Waals surface area contributed by atoms with Crippen molar-refractivity contribution < 1.29 is 14.6 Å². The normalized spacial score (nSPS) is 17.9. The number of para-hydroxylation sites is 1. The number of carboxylic acids is 1. The zero-order chi connectivity index (χ0) is 13.7. The average Bonchev–Trinajstić information content (AvgIpc) is 2.46. The number of hydrogen-bond acceptors (Lipinski definition) is 2. The monoisotopic (exact) mass is 262 g/mol. The minimum Gasteiger partial charge on any atom is -0.492 e. The van der Waals surface area contributed by atoms with Gasteiger partial charge < -0.3 is 9.84 Å². The van der Waals surface area contributed by atoms with Crippen molar-refractivity contribution in [1.82, 2.24) is 0 Å². The van der Waals surface area contributed by atoms with Crippen LogP contribution in [0.4, 0.5) is 0 Å². The van der Waals surface area contributed by atoms with Gasteiger partial charge in [0.25, 0.3) is 0 Å². The van der Waals surface area contributed by atoms with Crippen molar-refractivity contribution in [2.24, 2.45) is 5.41 Å². The molecule has 1 fully saturated rings. The first-order valence-electron chi connectivity index (χ1n) is 7.12. The van der Waals surface area contributed by atoms with Crippen LogP contribution in [0.25, 0.3) is 0 Å². The van der Waals surface area contributed by atoms with E-state index in [-0.39, 0.29) is 0 Å². The molecule has 0 heterocycles. The maximum atomic E-state index is 11.6. The van der Waals surface area contributed by atoms with E-state index in [9.17, 15) is 9.90 Å². The molecule has 0 saturated heterocycles. The zero-order valence-corrected chi connectivity index (χ0v) is 11.5. The standard InChI is InChI=1S/C16H22O3/c1-2-13-8-4-5-9-14(13)19-12-16(15(17)18)10-6-3-7-11-16/h4-5,8-9H,2-3,6-7,10-12H2,1H3,(H,17,18). The summed E-state index contributed by atoms with van der Waals surface area (Å²) in [6.45, 7) is 2.37.